The second kappa shape index (κ2) is 6.24. The molecule has 2 unspecified atom stereocenters. The lowest BCUT2D eigenvalue weighted by Crippen LogP contribution is -2.30. The van der Waals surface area contributed by atoms with Crippen LogP contribution in [-0.2, 0) is 0 Å². The lowest BCUT2D eigenvalue weighted by molar-refractivity contribution is 0.0944. The fraction of sp³-hybridized carbons (Fsp3) is 0.571. The van der Waals surface area contributed by atoms with Crippen molar-refractivity contribution in [2.24, 2.45) is 11.8 Å². The highest BCUT2D eigenvalue weighted by Crippen LogP contribution is 2.30. The Balaban J connectivity index is 1.94. The first kappa shape index (κ1) is 14.1. The number of carbonyl (C=O) groups is 1. The van der Waals surface area contributed by atoms with Crippen LogP contribution in [0.3, 0.4) is 0 Å². The highest BCUT2D eigenvalue weighted by atomic mass is 35.5. The largest absolute Gasteiger partial charge is 0.372 e. The van der Waals surface area contributed by atoms with E-state index in [1.54, 1.807) is 19.3 Å². The van der Waals surface area contributed by atoms with Gasteiger partial charge in [-0.15, -0.1) is 0 Å². The van der Waals surface area contributed by atoms with E-state index in [1.807, 2.05) is 0 Å². The fourth-order valence-corrected chi connectivity index (χ4v) is 2.86. The molecule has 0 aromatic carbocycles. The third-order valence-corrected chi connectivity index (χ3v) is 4.19. The molecule has 1 fully saturated rings. The number of anilines is 1. The van der Waals surface area contributed by atoms with E-state index in [-0.39, 0.29) is 5.91 Å². The van der Waals surface area contributed by atoms with Crippen LogP contribution in [0.5, 0.6) is 0 Å². The van der Waals surface area contributed by atoms with Gasteiger partial charge in [0.15, 0.2) is 0 Å². The minimum Gasteiger partial charge on any atom is -0.372 e. The maximum Gasteiger partial charge on any atom is 0.252 e. The molecule has 19 heavy (non-hydrogen) atoms. The number of pyridine rings is 1. The van der Waals surface area contributed by atoms with Crippen molar-refractivity contribution in [2.45, 2.75) is 26.2 Å². The Hall–Kier alpha value is -1.29. The minimum atomic E-state index is -0.101. The molecule has 4 nitrogen and oxygen atoms in total. The van der Waals surface area contributed by atoms with Crippen molar-refractivity contribution in [3.05, 3.63) is 22.8 Å². The first-order chi connectivity index (χ1) is 9.11. The fourth-order valence-electron chi connectivity index (χ4n) is 2.60. The van der Waals surface area contributed by atoms with Crippen LogP contribution in [0.1, 0.15) is 36.5 Å². The van der Waals surface area contributed by atoms with Crippen molar-refractivity contribution in [1.82, 2.24) is 10.3 Å². The summed E-state index contributed by atoms with van der Waals surface area (Å²) in [5, 5.41) is 6.31. The molecule has 2 rings (SSSR count). The molecule has 0 aliphatic heterocycles. The number of rotatable bonds is 4. The maximum atomic E-state index is 12.0. The van der Waals surface area contributed by atoms with E-state index < -0.39 is 0 Å². The number of nitrogens with one attached hydrogen (secondary N) is 2. The van der Waals surface area contributed by atoms with Crippen LogP contribution >= 0.6 is 11.6 Å². The summed E-state index contributed by atoms with van der Waals surface area (Å²) in [5.74, 6) is 1.79. The summed E-state index contributed by atoms with van der Waals surface area (Å²) in [5.41, 5.74) is 0.509. The number of hydrogen-bond donors (Lipinski definition) is 2. The van der Waals surface area contributed by atoms with Crippen LogP contribution in [0.25, 0.3) is 0 Å². The highest BCUT2D eigenvalue weighted by molar-refractivity contribution is 6.33. The van der Waals surface area contributed by atoms with Gasteiger partial charge in [0, 0.05) is 19.8 Å². The molecular weight excluding hydrogens is 262 g/mol. The quantitative estimate of drug-likeness (QED) is 0.892. The van der Waals surface area contributed by atoms with Crippen LogP contribution in [0.4, 0.5) is 5.82 Å². The molecule has 0 spiro atoms. The molecule has 0 radical (unpaired) electrons. The summed E-state index contributed by atoms with van der Waals surface area (Å²) in [6.07, 6.45) is 5.29. The molecule has 5 heteroatoms. The smallest absolute Gasteiger partial charge is 0.252 e. The van der Waals surface area contributed by atoms with E-state index in [9.17, 15) is 4.79 Å². The van der Waals surface area contributed by atoms with Gasteiger partial charge >= 0.3 is 0 Å². The molecule has 1 saturated carbocycles. The number of aromatic nitrogens is 1. The van der Waals surface area contributed by atoms with E-state index in [4.69, 9.17) is 11.6 Å². The summed E-state index contributed by atoms with van der Waals surface area (Å²) in [6, 6.07) is 1.65. The molecule has 1 aromatic rings. The molecule has 1 aromatic heterocycles. The third-order valence-electron chi connectivity index (χ3n) is 3.90. The average molecular weight is 282 g/mol. The predicted molar refractivity (Wildman–Crippen MR) is 77.6 cm³/mol. The second-order valence-corrected chi connectivity index (χ2v) is 5.59. The van der Waals surface area contributed by atoms with Gasteiger partial charge in [0.25, 0.3) is 5.91 Å². The van der Waals surface area contributed by atoms with E-state index in [0.29, 0.717) is 28.2 Å². The molecule has 1 aliphatic carbocycles. The predicted octanol–water partition coefficient (Wildman–Crippen LogP) is 2.94. The number of nitrogens with zero attached hydrogens (tertiary/aromatic N) is 1. The Morgan fingerprint density at radius 2 is 2.32 bits per heavy atom. The molecule has 1 heterocycles. The van der Waals surface area contributed by atoms with Crippen LogP contribution in [-0.4, -0.2) is 24.5 Å². The van der Waals surface area contributed by atoms with Crippen LogP contribution in [0, 0.1) is 11.8 Å². The Labute approximate surface area is 118 Å². The highest BCUT2D eigenvalue weighted by Gasteiger charge is 2.23. The molecular formula is C14H20ClN3O. The van der Waals surface area contributed by atoms with Crippen molar-refractivity contribution in [3.63, 3.8) is 0 Å². The first-order valence-electron chi connectivity index (χ1n) is 6.73. The Bertz CT molecular complexity index is 464. The molecule has 2 N–H and O–H groups in total. The number of hydrogen-bond acceptors (Lipinski definition) is 3. The summed E-state index contributed by atoms with van der Waals surface area (Å²) < 4.78 is 0. The van der Waals surface area contributed by atoms with Crippen LogP contribution < -0.4 is 10.6 Å². The standard InChI is InChI=1S/C14H20ClN3O/c1-9-4-3-5-10(9)7-18-14(19)11-6-12(15)13(16-2)17-8-11/h6,8-10H,3-5,7H2,1-2H3,(H,16,17)(H,18,19). The van der Waals surface area contributed by atoms with E-state index in [0.717, 1.165) is 6.54 Å². The first-order valence-corrected chi connectivity index (χ1v) is 7.11. The van der Waals surface area contributed by atoms with E-state index in [2.05, 4.69) is 22.5 Å². The van der Waals surface area contributed by atoms with Gasteiger partial charge in [0.05, 0.1) is 10.6 Å². The monoisotopic (exact) mass is 281 g/mol. The van der Waals surface area contributed by atoms with Crippen molar-refractivity contribution in [3.8, 4) is 0 Å². The zero-order chi connectivity index (χ0) is 13.8. The normalized spacial score (nSPS) is 22.3. The Kier molecular flexibility index (Phi) is 4.64. The molecule has 2 atom stereocenters. The van der Waals surface area contributed by atoms with Gasteiger partial charge in [0.2, 0.25) is 0 Å². The van der Waals surface area contributed by atoms with Crippen molar-refractivity contribution >= 4 is 23.3 Å². The minimum absolute atomic E-state index is 0.101. The SMILES string of the molecule is CNc1ncc(C(=O)NCC2CCCC2C)cc1Cl. The zero-order valence-electron chi connectivity index (χ0n) is 11.4. The lowest BCUT2D eigenvalue weighted by atomic mass is 9.98. The molecule has 0 saturated heterocycles. The van der Waals surface area contributed by atoms with Gasteiger partial charge < -0.3 is 10.6 Å². The van der Waals surface area contributed by atoms with Gasteiger partial charge in [-0.3, -0.25) is 4.79 Å². The second-order valence-electron chi connectivity index (χ2n) is 5.18. The molecule has 0 bridgehead atoms. The van der Waals surface area contributed by atoms with Crippen LogP contribution in [0.2, 0.25) is 5.02 Å². The molecule has 1 aliphatic rings. The molecule has 104 valence electrons. The van der Waals surface area contributed by atoms with Gasteiger partial charge in [-0.1, -0.05) is 31.4 Å². The summed E-state index contributed by atoms with van der Waals surface area (Å²) in [7, 11) is 1.75. The zero-order valence-corrected chi connectivity index (χ0v) is 12.1. The summed E-state index contributed by atoms with van der Waals surface area (Å²) in [6.45, 7) is 3.00. The van der Waals surface area contributed by atoms with Crippen molar-refractivity contribution in [1.29, 1.82) is 0 Å². The summed E-state index contributed by atoms with van der Waals surface area (Å²) >= 11 is 6.02. The van der Waals surface area contributed by atoms with Crippen molar-refractivity contribution < 1.29 is 4.79 Å². The average Bonchev–Trinajstić information content (AvgIpc) is 2.81. The Morgan fingerprint density at radius 1 is 1.53 bits per heavy atom. The number of amides is 1. The van der Waals surface area contributed by atoms with Gasteiger partial charge in [-0.05, 0) is 24.3 Å². The van der Waals surface area contributed by atoms with Gasteiger partial charge in [-0.25, -0.2) is 4.98 Å². The lowest BCUT2D eigenvalue weighted by Gasteiger charge is -2.16. The molecule has 1 amide bonds. The topological polar surface area (TPSA) is 54.0 Å². The maximum absolute atomic E-state index is 12.0. The van der Waals surface area contributed by atoms with E-state index in [1.165, 1.54) is 19.3 Å². The Morgan fingerprint density at radius 3 is 2.89 bits per heavy atom. The van der Waals surface area contributed by atoms with Crippen LogP contribution in [0.15, 0.2) is 12.3 Å². The number of halogens is 1. The summed E-state index contributed by atoms with van der Waals surface area (Å²) in [4.78, 5) is 16.1. The van der Waals surface area contributed by atoms with Crippen molar-refractivity contribution in [2.75, 3.05) is 18.9 Å². The van der Waals surface area contributed by atoms with E-state index >= 15 is 0 Å². The van der Waals surface area contributed by atoms with Gasteiger partial charge in [0.1, 0.15) is 5.82 Å². The number of carbonyl (C=O) groups excluding carboxylic acids is 1. The third kappa shape index (κ3) is 3.38. The van der Waals surface area contributed by atoms with Gasteiger partial charge in [-0.2, -0.15) is 0 Å².